The van der Waals surface area contributed by atoms with Crippen molar-refractivity contribution in [3.05, 3.63) is 69.0 Å². The maximum absolute atomic E-state index is 12.7. The summed E-state index contributed by atoms with van der Waals surface area (Å²) in [7, 11) is 0. The molecule has 1 amide bonds. The summed E-state index contributed by atoms with van der Waals surface area (Å²) in [6, 6.07) is 6.66. The van der Waals surface area contributed by atoms with Gasteiger partial charge in [0.2, 0.25) is 0 Å². The van der Waals surface area contributed by atoms with Gasteiger partial charge >= 0.3 is 6.18 Å². The molecule has 2 heterocycles. The van der Waals surface area contributed by atoms with Gasteiger partial charge in [0.25, 0.3) is 5.91 Å². The van der Waals surface area contributed by atoms with E-state index in [0.717, 1.165) is 17.0 Å². The quantitative estimate of drug-likeness (QED) is 0.605. The average Bonchev–Trinajstić information content (AvgIpc) is 3.16. The van der Waals surface area contributed by atoms with Crippen LogP contribution in [0.15, 0.2) is 51.9 Å². The highest BCUT2D eigenvalue weighted by Gasteiger charge is 2.30. The van der Waals surface area contributed by atoms with Crippen LogP contribution in [0.1, 0.15) is 26.4 Å². The van der Waals surface area contributed by atoms with Crippen molar-refractivity contribution in [2.24, 2.45) is 0 Å². The molecule has 0 aliphatic carbocycles. The van der Waals surface area contributed by atoms with Crippen LogP contribution in [0.25, 0.3) is 0 Å². The molecule has 0 saturated heterocycles. The topological polar surface area (TPSA) is 55.1 Å². The average molecular weight is 431 g/mol. The Labute approximate surface area is 152 Å². The summed E-state index contributed by atoms with van der Waals surface area (Å²) < 4.78 is 43.7. The third kappa shape index (κ3) is 4.49. The molecular weight excluding hydrogens is 421 g/mol. The molecule has 0 spiro atoms. The third-order valence-corrected chi connectivity index (χ3v) is 4.56. The molecule has 0 saturated carbocycles. The van der Waals surface area contributed by atoms with Crippen molar-refractivity contribution >= 4 is 38.3 Å². The van der Waals surface area contributed by atoms with Crippen LogP contribution in [0.5, 0.6) is 0 Å². The van der Waals surface area contributed by atoms with Gasteiger partial charge in [0, 0.05) is 23.6 Å². The highest BCUT2D eigenvalue weighted by molar-refractivity contribution is 9.10. The van der Waals surface area contributed by atoms with Crippen LogP contribution < -0.4 is 5.32 Å². The zero-order valence-electron chi connectivity index (χ0n) is 12.4. The number of furan rings is 1. The van der Waals surface area contributed by atoms with E-state index in [1.54, 1.807) is 6.07 Å². The minimum absolute atomic E-state index is 0.300. The monoisotopic (exact) mass is 430 g/mol. The number of nitrogens with zero attached hydrogens (tertiary/aromatic N) is 1. The van der Waals surface area contributed by atoms with E-state index < -0.39 is 11.7 Å². The van der Waals surface area contributed by atoms with Gasteiger partial charge < -0.3 is 4.42 Å². The van der Waals surface area contributed by atoms with Crippen LogP contribution >= 0.6 is 27.3 Å². The summed E-state index contributed by atoms with van der Waals surface area (Å²) in [5.41, 5.74) is 0.171. The van der Waals surface area contributed by atoms with E-state index in [-0.39, 0.29) is 5.91 Å². The number of anilines is 1. The van der Waals surface area contributed by atoms with Gasteiger partial charge in [-0.2, -0.15) is 13.2 Å². The van der Waals surface area contributed by atoms with Gasteiger partial charge in [-0.1, -0.05) is 18.2 Å². The fourth-order valence-corrected chi connectivity index (χ4v) is 3.29. The molecule has 3 aromatic rings. The van der Waals surface area contributed by atoms with Gasteiger partial charge in [-0.15, -0.1) is 11.3 Å². The van der Waals surface area contributed by atoms with Crippen molar-refractivity contribution in [1.29, 1.82) is 0 Å². The van der Waals surface area contributed by atoms with E-state index >= 15 is 0 Å². The Morgan fingerprint density at radius 1 is 1.32 bits per heavy atom. The number of amides is 1. The summed E-state index contributed by atoms with van der Waals surface area (Å²) in [5.74, 6) is -0.380. The first kappa shape index (κ1) is 17.7. The van der Waals surface area contributed by atoms with Crippen LogP contribution in [-0.4, -0.2) is 10.9 Å². The van der Waals surface area contributed by atoms with Gasteiger partial charge in [0.1, 0.15) is 6.26 Å². The van der Waals surface area contributed by atoms with Gasteiger partial charge in [0.05, 0.1) is 11.1 Å². The Bertz CT molecular complexity index is 905. The van der Waals surface area contributed by atoms with Crippen molar-refractivity contribution in [3.63, 3.8) is 0 Å². The van der Waals surface area contributed by atoms with Crippen LogP contribution in [0.2, 0.25) is 0 Å². The summed E-state index contributed by atoms with van der Waals surface area (Å²) in [4.78, 5) is 16.8. The van der Waals surface area contributed by atoms with Crippen molar-refractivity contribution in [1.82, 2.24) is 4.98 Å². The molecule has 0 bridgehead atoms. The van der Waals surface area contributed by atoms with E-state index in [0.29, 0.717) is 27.3 Å². The van der Waals surface area contributed by atoms with Crippen molar-refractivity contribution in [2.45, 2.75) is 12.6 Å². The molecule has 1 N–H and O–H groups in total. The number of hydrogen-bond acceptors (Lipinski definition) is 4. The Morgan fingerprint density at radius 2 is 2.12 bits per heavy atom. The zero-order valence-corrected chi connectivity index (χ0v) is 14.8. The van der Waals surface area contributed by atoms with Crippen molar-refractivity contribution in [2.75, 3.05) is 5.32 Å². The van der Waals surface area contributed by atoms with Crippen LogP contribution in [0.3, 0.4) is 0 Å². The second-order valence-electron chi connectivity index (χ2n) is 5.10. The largest absolute Gasteiger partial charge is 0.457 e. The fourth-order valence-electron chi connectivity index (χ4n) is 2.10. The first-order valence-corrected chi connectivity index (χ1v) is 8.58. The smallest absolute Gasteiger partial charge is 0.416 e. The molecule has 4 nitrogen and oxygen atoms in total. The molecule has 0 aliphatic rings. The molecule has 25 heavy (non-hydrogen) atoms. The lowest BCUT2D eigenvalue weighted by atomic mass is 10.1. The molecule has 0 aliphatic heterocycles. The third-order valence-electron chi connectivity index (χ3n) is 3.24. The number of nitrogens with one attached hydrogen (secondary N) is 1. The lowest BCUT2D eigenvalue weighted by molar-refractivity contribution is -0.137. The summed E-state index contributed by atoms with van der Waals surface area (Å²) in [5, 5.41) is 2.99. The van der Waals surface area contributed by atoms with E-state index in [9.17, 15) is 18.0 Å². The second kappa shape index (κ2) is 7.01. The van der Waals surface area contributed by atoms with E-state index in [4.69, 9.17) is 4.42 Å². The molecule has 130 valence electrons. The predicted molar refractivity (Wildman–Crippen MR) is 90.7 cm³/mol. The van der Waals surface area contributed by atoms with Crippen LogP contribution in [0, 0.1) is 0 Å². The number of hydrogen-bond donors (Lipinski definition) is 1. The number of carbonyl (C=O) groups excluding carboxylic acids is 1. The van der Waals surface area contributed by atoms with Crippen LogP contribution in [-0.2, 0) is 12.6 Å². The molecule has 0 atom stereocenters. The number of aromatic nitrogens is 1. The predicted octanol–water partition coefficient (Wildman–Crippen LogP) is 5.36. The lowest BCUT2D eigenvalue weighted by Gasteiger charge is -2.07. The van der Waals surface area contributed by atoms with Crippen molar-refractivity contribution in [3.8, 4) is 0 Å². The molecule has 3 rings (SSSR count). The molecular formula is C16H10BrF3N2O2S. The Morgan fingerprint density at radius 3 is 2.80 bits per heavy atom. The number of thiazole rings is 1. The molecule has 0 unspecified atom stereocenters. The lowest BCUT2D eigenvalue weighted by Crippen LogP contribution is -2.10. The highest BCUT2D eigenvalue weighted by atomic mass is 79.9. The number of rotatable bonds is 4. The van der Waals surface area contributed by atoms with Gasteiger partial charge in [-0.25, -0.2) is 4.98 Å². The Kier molecular flexibility index (Phi) is 4.96. The van der Waals surface area contributed by atoms with Gasteiger partial charge in [-0.3, -0.25) is 10.1 Å². The highest BCUT2D eigenvalue weighted by Crippen LogP contribution is 2.30. The summed E-state index contributed by atoms with van der Waals surface area (Å²) in [6.07, 6.45) is -1.24. The normalized spacial score (nSPS) is 11.5. The zero-order chi connectivity index (χ0) is 18.0. The molecule has 9 heteroatoms. The minimum Gasteiger partial charge on any atom is -0.457 e. The van der Waals surface area contributed by atoms with E-state index in [1.807, 2.05) is 0 Å². The Balaban J connectivity index is 1.69. The first-order valence-electron chi connectivity index (χ1n) is 6.97. The van der Waals surface area contributed by atoms with E-state index in [1.165, 1.54) is 35.9 Å². The first-order chi connectivity index (χ1) is 11.8. The van der Waals surface area contributed by atoms with Gasteiger partial charge in [-0.05, 0) is 27.6 Å². The number of alkyl halides is 3. The molecule has 0 fully saturated rings. The Hall–Kier alpha value is -2.13. The SMILES string of the molecule is O=C(Nc1ncc(Cc2cccc(C(F)(F)F)c2)s1)c1coc(Br)c1. The number of carbonyl (C=O) groups is 1. The molecule has 1 aromatic carbocycles. The maximum Gasteiger partial charge on any atom is 0.416 e. The fraction of sp³-hybridized carbons (Fsp3) is 0.125. The van der Waals surface area contributed by atoms with Crippen LogP contribution in [0.4, 0.5) is 18.3 Å². The minimum atomic E-state index is -4.37. The number of benzene rings is 1. The number of halogens is 4. The standard InChI is InChI=1S/C16H10BrF3N2O2S/c17-13-6-10(8-24-13)14(23)22-15-21-7-12(25-15)5-9-2-1-3-11(4-9)16(18,19)20/h1-4,6-8H,5H2,(H,21,22,23). The molecule has 0 radical (unpaired) electrons. The molecule has 2 aromatic heterocycles. The van der Waals surface area contributed by atoms with Gasteiger partial charge in [0.15, 0.2) is 9.80 Å². The summed E-state index contributed by atoms with van der Waals surface area (Å²) in [6.45, 7) is 0. The maximum atomic E-state index is 12.7. The summed E-state index contributed by atoms with van der Waals surface area (Å²) >= 11 is 4.31. The second-order valence-corrected chi connectivity index (χ2v) is 7.00. The van der Waals surface area contributed by atoms with Crippen molar-refractivity contribution < 1.29 is 22.4 Å². The van der Waals surface area contributed by atoms with E-state index in [2.05, 4.69) is 26.2 Å².